The molecule has 1 heterocycles. The molecule has 1 saturated carbocycles. The van der Waals surface area contributed by atoms with Crippen molar-refractivity contribution in [2.24, 2.45) is 11.7 Å². The normalized spacial score (nSPS) is 26.1. The Labute approximate surface area is 109 Å². The van der Waals surface area contributed by atoms with Gasteiger partial charge in [0.05, 0.1) is 11.0 Å². The number of carbonyl (C=O) groups is 1. The Kier molecular flexibility index (Phi) is 4.37. The zero-order chi connectivity index (χ0) is 12.3. The maximum absolute atomic E-state index is 12.3. The fraction of sp³-hybridized carbons (Fsp3) is 0.846. The predicted octanol–water partition coefficient (Wildman–Crippen LogP) is 2.23. The summed E-state index contributed by atoms with van der Waals surface area (Å²) in [6.45, 7) is 0.841. The molecule has 1 saturated heterocycles. The molecule has 17 heavy (non-hydrogen) atoms. The van der Waals surface area contributed by atoms with E-state index in [1.54, 1.807) is 0 Å². The summed E-state index contributed by atoms with van der Waals surface area (Å²) in [5.41, 5.74) is 5.74. The van der Waals surface area contributed by atoms with Crippen molar-refractivity contribution >= 4 is 23.1 Å². The van der Waals surface area contributed by atoms with E-state index in [1.807, 2.05) is 4.90 Å². The van der Waals surface area contributed by atoms with Crippen LogP contribution >= 0.6 is 12.2 Å². The molecule has 0 aromatic carbocycles. The monoisotopic (exact) mass is 254 g/mol. The smallest absolute Gasteiger partial charge is 0.223 e. The van der Waals surface area contributed by atoms with E-state index in [-0.39, 0.29) is 11.9 Å². The van der Waals surface area contributed by atoms with Gasteiger partial charge in [0.15, 0.2) is 0 Å². The number of piperidine rings is 1. The largest absolute Gasteiger partial charge is 0.392 e. The third-order valence-electron chi connectivity index (χ3n) is 4.09. The van der Waals surface area contributed by atoms with Gasteiger partial charge in [-0.3, -0.25) is 4.79 Å². The summed E-state index contributed by atoms with van der Waals surface area (Å²) in [7, 11) is 0. The molecule has 1 aliphatic heterocycles. The fourth-order valence-electron chi connectivity index (χ4n) is 3.10. The molecule has 0 aromatic heterocycles. The van der Waals surface area contributed by atoms with Gasteiger partial charge < -0.3 is 10.6 Å². The number of amides is 1. The first-order valence-corrected chi connectivity index (χ1v) is 7.18. The molecule has 1 unspecified atom stereocenters. The molecule has 1 atom stereocenters. The highest BCUT2D eigenvalue weighted by Crippen LogP contribution is 2.29. The number of carbonyl (C=O) groups excluding carboxylic acids is 1. The van der Waals surface area contributed by atoms with Gasteiger partial charge in [-0.15, -0.1) is 0 Å². The zero-order valence-corrected chi connectivity index (χ0v) is 11.2. The van der Waals surface area contributed by atoms with Crippen LogP contribution in [0.3, 0.4) is 0 Å². The maximum atomic E-state index is 12.3. The van der Waals surface area contributed by atoms with Gasteiger partial charge in [-0.2, -0.15) is 0 Å². The second-order valence-electron chi connectivity index (χ2n) is 5.36. The van der Waals surface area contributed by atoms with E-state index in [0.717, 1.165) is 25.8 Å². The average molecular weight is 254 g/mol. The van der Waals surface area contributed by atoms with Crippen LogP contribution < -0.4 is 5.73 Å². The van der Waals surface area contributed by atoms with Crippen LogP contribution in [0.1, 0.15) is 51.4 Å². The molecular weight excluding hydrogens is 232 g/mol. The molecule has 0 bridgehead atoms. The number of thiocarbonyl (C=S) groups is 1. The predicted molar refractivity (Wildman–Crippen MR) is 72.7 cm³/mol. The van der Waals surface area contributed by atoms with Gasteiger partial charge in [0.25, 0.3) is 0 Å². The molecule has 0 radical (unpaired) electrons. The standard InChI is InChI=1S/C13H22N2OS/c14-13(17)11-7-3-4-8-15(11)12(16)9-10-5-1-2-6-10/h10-11H,1-9H2,(H2,14,17). The lowest BCUT2D eigenvalue weighted by molar-refractivity contribution is -0.134. The number of likely N-dealkylation sites (tertiary alicyclic amines) is 1. The first-order chi connectivity index (χ1) is 8.18. The number of hydrogen-bond donors (Lipinski definition) is 1. The van der Waals surface area contributed by atoms with Crippen molar-refractivity contribution in [3.63, 3.8) is 0 Å². The summed E-state index contributed by atoms with van der Waals surface area (Å²) >= 11 is 5.08. The van der Waals surface area contributed by atoms with Crippen LogP contribution in [0.5, 0.6) is 0 Å². The van der Waals surface area contributed by atoms with Crippen molar-refractivity contribution in [2.75, 3.05) is 6.54 Å². The molecule has 1 amide bonds. The molecule has 1 aliphatic carbocycles. The lowest BCUT2D eigenvalue weighted by Gasteiger charge is -2.35. The van der Waals surface area contributed by atoms with E-state index in [1.165, 1.54) is 25.7 Å². The van der Waals surface area contributed by atoms with Crippen molar-refractivity contribution in [3.8, 4) is 0 Å². The van der Waals surface area contributed by atoms with E-state index in [0.29, 0.717) is 17.3 Å². The first-order valence-electron chi connectivity index (χ1n) is 6.77. The van der Waals surface area contributed by atoms with E-state index < -0.39 is 0 Å². The number of rotatable bonds is 3. The van der Waals surface area contributed by atoms with Crippen LogP contribution in [0, 0.1) is 5.92 Å². The minimum Gasteiger partial charge on any atom is -0.392 e. The minimum absolute atomic E-state index is 0.0210. The van der Waals surface area contributed by atoms with Gasteiger partial charge in [0.2, 0.25) is 5.91 Å². The van der Waals surface area contributed by atoms with E-state index in [2.05, 4.69) is 0 Å². The SMILES string of the molecule is NC(=S)C1CCCCN1C(=O)CC1CCCC1. The Morgan fingerprint density at radius 3 is 2.47 bits per heavy atom. The summed E-state index contributed by atoms with van der Waals surface area (Å²) in [6.07, 6.45) is 8.90. The van der Waals surface area contributed by atoms with Crippen molar-refractivity contribution in [1.29, 1.82) is 0 Å². The van der Waals surface area contributed by atoms with Crippen molar-refractivity contribution < 1.29 is 4.79 Å². The highest BCUT2D eigenvalue weighted by Gasteiger charge is 2.30. The molecule has 2 rings (SSSR count). The number of nitrogens with two attached hydrogens (primary N) is 1. The van der Waals surface area contributed by atoms with Gasteiger partial charge in [0, 0.05) is 13.0 Å². The Balaban J connectivity index is 1.93. The Hall–Kier alpha value is -0.640. The summed E-state index contributed by atoms with van der Waals surface area (Å²) in [4.78, 5) is 14.7. The Bertz CT molecular complexity index is 300. The van der Waals surface area contributed by atoms with Crippen LogP contribution in [0.2, 0.25) is 0 Å². The van der Waals surface area contributed by atoms with E-state index in [4.69, 9.17) is 18.0 Å². The second kappa shape index (κ2) is 5.80. The molecule has 2 N–H and O–H groups in total. The number of nitrogens with zero attached hydrogens (tertiary/aromatic N) is 1. The summed E-state index contributed by atoms with van der Waals surface area (Å²) in [5, 5.41) is 0. The average Bonchev–Trinajstić information content (AvgIpc) is 2.81. The summed E-state index contributed by atoms with van der Waals surface area (Å²) in [6, 6.07) is 0.0210. The lowest BCUT2D eigenvalue weighted by Crippen LogP contribution is -2.50. The Morgan fingerprint density at radius 2 is 1.82 bits per heavy atom. The molecule has 96 valence electrons. The molecule has 4 heteroatoms. The van der Waals surface area contributed by atoms with Crippen LogP contribution in [-0.4, -0.2) is 28.4 Å². The van der Waals surface area contributed by atoms with Crippen molar-refractivity contribution in [3.05, 3.63) is 0 Å². The van der Waals surface area contributed by atoms with Gasteiger partial charge in [-0.25, -0.2) is 0 Å². The first kappa shape index (κ1) is 12.8. The van der Waals surface area contributed by atoms with Crippen molar-refractivity contribution in [1.82, 2.24) is 4.90 Å². The highest BCUT2D eigenvalue weighted by molar-refractivity contribution is 7.80. The zero-order valence-electron chi connectivity index (χ0n) is 10.4. The van der Waals surface area contributed by atoms with Crippen molar-refractivity contribution in [2.45, 2.75) is 57.4 Å². The van der Waals surface area contributed by atoms with E-state index >= 15 is 0 Å². The molecular formula is C13H22N2OS. The molecule has 0 aromatic rings. The fourth-order valence-corrected chi connectivity index (χ4v) is 3.35. The number of hydrogen-bond acceptors (Lipinski definition) is 2. The second-order valence-corrected chi connectivity index (χ2v) is 5.83. The van der Waals surface area contributed by atoms with Crippen LogP contribution in [0.25, 0.3) is 0 Å². The van der Waals surface area contributed by atoms with Gasteiger partial charge in [-0.05, 0) is 38.0 Å². The Morgan fingerprint density at radius 1 is 1.18 bits per heavy atom. The lowest BCUT2D eigenvalue weighted by atomic mass is 9.98. The van der Waals surface area contributed by atoms with E-state index in [9.17, 15) is 4.79 Å². The summed E-state index contributed by atoms with van der Waals surface area (Å²) in [5.74, 6) is 0.880. The molecule has 0 spiro atoms. The summed E-state index contributed by atoms with van der Waals surface area (Å²) < 4.78 is 0. The van der Waals surface area contributed by atoms with Crippen LogP contribution in [0.15, 0.2) is 0 Å². The molecule has 3 nitrogen and oxygen atoms in total. The quantitative estimate of drug-likeness (QED) is 0.786. The van der Waals surface area contributed by atoms with Crippen LogP contribution in [-0.2, 0) is 4.79 Å². The maximum Gasteiger partial charge on any atom is 0.223 e. The molecule has 2 aliphatic rings. The van der Waals surface area contributed by atoms with Gasteiger partial charge >= 0.3 is 0 Å². The van der Waals surface area contributed by atoms with Gasteiger partial charge in [-0.1, -0.05) is 25.1 Å². The minimum atomic E-state index is 0.0210. The molecule has 2 fully saturated rings. The van der Waals surface area contributed by atoms with Gasteiger partial charge in [0.1, 0.15) is 0 Å². The third kappa shape index (κ3) is 3.18. The van der Waals surface area contributed by atoms with Crippen LogP contribution in [0.4, 0.5) is 0 Å². The topological polar surface area (TPSA) is 46.3 Å². The third-order valence-corrected chi connectivity index (χ3v) is 4.36. The highest BCUT2D eigenvalue weighted by atomic mass is 32.1.